The number of carbonyl (C=O) groups is 1. The molecule has 0 spiro atoms. The summed E-state index contributed by atoms with van der Waals surface area (Å²) in [4.78, 5) is 17.2. The van der Waals surface area contributed by atoms with Crippen molar-refractivity contribution < 1.29 is 4.79 Å². The molecular weight excluding hydrogens is 348 g/mol. The number of nitrogens with one attached hydrogen (secondary N) is 2. The summed E-state index contributed by atoms with van der Waals surface area (Å²) >= 11 is 1.59. The molecule has 7 nitrogen and oxygen atoms in total. The van der Waals surface area contributed by atoms with Crippen molar-refractivity contribution in [3.8, 4) is 10.4 Å². The average Bonchev–Trinajstić information content (AvgIpc) is 3.35. The SMILES string of the molecule is Cc1cnn(C[C@H]2CNC(=O)c3sc(-c4cn[nH]c4)c4c3N2CCC4)c1. The van der Waals surface area contributed by atoms with E-state index in [1.54, 1.807) is 11.3 Å². The maximum Gasteiger partial charge on any atom is 0.263 e. The van der Waals surface area contributed by atoms with Crippen LogP contribution in [-0.2, 0) is 13.0 Å². The van der Waals surface area contributed by atoms with Gasteiger partial charge in [-0.15, -0.1) is 11.3 Å². The largest absolute Gasteiger partial charge is 0.363 e. The van der Waals surface area contributed by atoms with E-state index in [1.165, 1.54) is 10.4 Å². The van der Waals surface area contributed by atoms with Crippen molar-refractivity contribution in [2.75, 3.05) is 18.0 Å². The van der Waals surface area contributed by atoms with E-state index in [9.17, 15) is 4.79 Å². The molecule has 0 unspecified atom stereocenters. The summed E-state index contributed by atoms with van der Waals surface area (Å²) in [6.45, 7) is 4.43. The molecule has 0 saturated carbocycles. The highest BCUT2D eigenvalue weighted by Gasteiger charge is 2.36. The molecule has 1 amide bonds. The number of hydrogen-bond donors (Lipinski definition) is 2. The van der Waals surface area contributed by atoms with Gasteiger partial charge < -0.3 is 10.2 Å². The minimum absolute atomic E-state index is 0.0343. The first-order chi connectivity index (χ1) is 12.7. The van der Waals surface area contributed by atoms with Gasteiger partial charge in [0.2, 0.25) is 0 Å². The van der Waals surface area contributed by atoms with Crippen LogP contribution in [0.5, 0.6) is 0 Å². The number of carbonyl (C=O) groups excluding carboxylic acids is 1. The van der Waals surface area contributed by atoms with Crippen LogP contribution >= 0.6 is 11.3 Å². The average molecular weight is 368 g/mol. The number of nitrogens with zero attached hydrogens (tertiary/aromatic N) is 4. The number of hydrogen-bond acceptors (Lipinski definition) is 5. The van der Waals surface area contributed by atoms with Gasteiger partial charge in [0.25, 0.3) is 5.91 Å². The number of amides is 1. The van der Waals surface area contributed by atoms with E-state index in [-0.39, 0.29) is 11.9 Å². The Labute approximate surface area is 155 Å². The quantitative estimate of drug-likeness (QED) is 0.743. The number of rotatable bonds is 3. The third-order valence-electron chi connectivity index (χ3n) is 5.16. The van der Waals surface area contributed by atoms with Gasteiger partial charge in [-0.2, -0.15) is 10.2 Å². The van der Waals surface area contributed by atoms with Crippen molar-refractivity contribution in [3.05, 3.63) is 40.8 Å². The molecular formula is C18H20N6OS. The second-order valence-electron chi connectivity index (χ2n) is 6.97. The van der Waals surface area contributed by atoms with Crippen LogP contribution in [0.2, 0.25) is 0 Å². The fourth-order valence-electron chi connectivity index (χ4n) is 4.00. The predicted octanol–water partition coefficient (Wildman–Crippen LogP) is 2.21. The normalized spacial score (nSPS) is 19.2. The number of thiophene rings is 1. The molecule has 5 heterocycles. The number of aromatic nitrogens is 4. The van der Waals surface area contributed by atoms with Gasteiger partial charge in [0.05, 0.1) is 30.7 Å². The molecule has 2 aliphatic rings. The molecule has 0 saturated heterocycles. The lowest BCUT2D eigenvalue weighted by Gasteiger charge is -2.35. The fraction of sp³-hybridized carbons (Fsp3) is 0.389. The molecule has 134 valence electrons. The summed E-state index contributed by atoms with van der Waals surface area (Å²) in [5, 5.41) is 14.5. The Morgan fingerprint density at radius 1 is 1.35 bits per heavy atom. The highest BCUT2D eigenvalue weighted by Crippen LogP contribution is 2.46. The number of H-pyrrole nitrogens is 1. The van der Waals surface area contributed by atoms with Crippen LogP contribution in [0.15, 0.2) is 24.8 Å². The molecule has 3 aromatic rings. The monoisotopic (exact) mass is 368 g/mol. The summed E-state index contributed by atoms with van der Waals surface area (Å²) in [5.74, 6) is 0.0343. The van der Waals surface area contributed by atoms with E-state index in [4.69, 9.17) is 0 Å². The molecule has 2 N–H and O–H groups in total. The molecule has 0 aromatic carbocycles. The van der Waals surface area contributed by atoms with Crippen molar-refractivity contribution in [2.45, 2.75) is 32.4 Å². The van der Waals surface area contributed by atoms with E-state index in [0.29, 0.717) is 6.54 Å². The van der Waals surface area contributed by atoms with Gasteiger partial charge in [-0.25, -0.2) is 0 Å². The van der Waals surface area contributed by atoms with Crippen molar-refractivity contribution >= 4 is 22.9 Å². The molecule has 26 heavy (non-hydrogen) atoms. The van der Waals surface area contributed by atoms with Gasteiger partial charge in [-0.1, -0.05) is 0 Å². The van der Waals surface area contributed by atoms with Crippen LogP contribution in [-0.4, -0.2) is 45.0 Å². The maximum atomic E-state index is 12.8. The van der Waals surface area contributed by atoms with Crippen LogP contribution in [0, 0.1) is 6.92 Å². The van der Waals surface area contributed by atoms with Gasteiger partial charge in [0.15, 0.2) is 0 Å². The Balaban J connectivity index is 1.58. The number of aromatic amines is 1. The van der Waals surface area contributed by atoms with Crippen LogP contribution < -0.4 is 10.2 Å². The molecule has 1 atom stereocenters. The Bertz CT molecular complexity index is 957. The zero-order valence-electron chi connectivity index (χ0n) is 14.5. The topological polar surface area (TPSA) is 78.8 Å². The highest BCUT2D eigenvalue weighted by atomic mass is 32.1. The van der Waals surface area contributed by atoms with E-state index < -0.39 is 0 Å². The molecule has 8 heteroatoms. The number of anilines is 1. The first-order valence-electron chi connectivity index (χ1n) is 8.89. The van der Waals surface area contributed by atoms with Gasteiger partial charge in [0.1, 0.15) is 4.88 Å². The first-order valence-corrected chi connectivity index (χ1v) is 9.71. The zero-order chi connectivity index (χ0) is 17.7. The summed E-state index contributed by atoms with van der Waals surface area (Å²) in [5.41, 5.74) is 4.63. The van der Waals surface area contributed by atoms with Crippen LogP contribution in [0.25, 0.3) is 10.4 Å². The summed E-state index contributed by atoms with van der Waals surface area (Å²) in [6.07, 6.45) is 9.78. The van der Waals surface area contributed by atoms with Crippen molar-refractivity contribution in [3.63, 3.8) is 0 Å². The molecule has 2 aliphatic heterocycles. The van der Waals surface area contributed by atoms with Crippen LogP contribution in [0.4, 0.5) is 5.69 Å². The minimum Gasteiger partial charge on any atom is -0.363 e. The van der Waals surface area contributed by atoms with E-state index in [2.05, 4.69) is 31.7 Å². The lowest BCUT2D eigenvalue weighted by molar-refractivity contribution is 0.0958. The van der Waals surface area contributed by atoms with Gasteiger partial charge in [-0.3, -0.25) is 14.6 Å². The molecule has 0 radical (unpaired) electrons. The molecule has 5 rings (SSSR count). The Hall–Kier alpha value is -2.61. The molecule has 3 aromatic heterocycles. The van der Waals surface area contributed by atoms with Crippen molar-refractivity contribution in [1.82, 2.24) is 25.3 Å². The zero-order valence-corrected chi connectivity index (χ0v) is 15.3. The Morgan fingerprint density at radius 3 is 3.04 bits per heavy atom. The molecule has 0 bridgehead atoms. The van der Waals surface area contributed by atoms with E-state index in [1.807, 2.05) is 30.2 Å². The third-order valence-corrected chi connectivity index (χ3v) is 6.43. The second-order valence-corrected chi connectivity index (χ2v) is 8.00. The first kappa shape index (κ1) is 15.6. The Morgan fingerprint density at radius 2 is 2.27 bits per heavy atom. The van der Waals surface area contributed by atoms with Gasteiger partial charge in [-0.05, 0) is 30.9 Å². The fourth-order valence-corrected chi connectivity index (χ4v) is 5.26. The molecule has 0 aliphatic carbocycles. The van der Waals surface area contributed by atoms with Crippen LogP contribution in [0.1, 0.15) is 27.2 Å². The second kappa shape index (κ2) is 5.98. The van der Waals surface area contributed by atoms with Crippen molar-refractivity contribution in [1.29, 1.82) is 0 Å². The Kier molecular flexibility index (Phi) is 3.59. The van der Waals surface area contributed by atoms with Gasteiger partial charge in [0, 0.05) is 35.9 Å². The highest BCUT2D eigenvalue weighted by molar-refractivity contribution is 7.18. The van der Waals surface area contributed by atoms with Crippen molar-refractivity contribution in [2.24, 2.45) is 0 Å². The summed E-state index contributed by atoms with van der Waals surface area (Å²) < 4.78 is 1.98. The standard InChI is InChI=1S/C18H20N6OS/c1-11-5-22-23(9-11)10-13-8-19-18(25)17-15-14(3-2-4-24(13)15)16(26-17)12-6-20-21-7-12/h5-7,9,13H,2-4,8,10H2,1H3,(H,19,25)(H,20,21)/t13-/m1/s1. The van der Waals surface area contributed by atoms with E-state index in [0.717, 1.165) is 47.6 Å². The third kappa shape index (κ3) is 2.44. The summed E-state index contributed by atoms with van der Waals surface area (Å²) in [6, 6.07) is 0.199. The smallest absolute Gasteiger partial charge is 0.263 e. The predicted molar refractivity (Wildman–Crippen MR) is 101 cm³/mol. The lowest BCUT2D eigenvalue weighted by Crippen LogP contribution is -2.46. The lowest BCUT2D eigenvalue weighted by atomic mass is 9.99. The van der Waals surface area contributed by atoms with E-state index >= 15 is 0 Å². The summed E-state index contributed by atoms with van der Waals surface area (Å²) in [7, 11) is 0. The minimum atomic E-state index is 0.0343. The number of aryl methyl sites for hydroxylation is 1. The maximum absolute atomic E-state index is 12.8. The molecule has 0 fully saturated rings. The van der Waals surface area contributed by atoms with Gasteiger partial charge >= 0.3 is 0 Å². The van der Waals surface area contributed by atoms with Crippen LogP contribution in [0.3, 0.4) is 0 Å².